The van der Waals surface area contributed by atoms with Crippen LogP contribution < -0.4 is 0 Å². The Hall–Kier alpha value is -1.38. The molecule has 19 heavy (non-hydrogen) atoms. The van der Waals surface area contributed by atoms with E-state index in [1.54, 1.807) is 24.1 Å². The van der Waals surface area contributed by atoms with Crippen molar-refractivity contribution < 1.29 is 9.18 Å². The first-order valence-corrected chi connectivity index (χ1v) is 7.13. The predicted molar refractivity (Wildman–Crippen MR) is 74.7 cm³/mol. The summed E-state index contributed by atoms with van der Waals surface area (Å²) >= 11 is 0. The van der Waals surface area contributed by atoms with Gasteiger partial charge in [-0.3, -0.25) is 4.79 Å². The van der Waals surface area contributed by atoms with Crippen LogP contribution in [0, 0.1) is 12.7 Å². The van der Waals surface area contributed by atoms with Crippen molar-refractivity contribution in [2.45, 2.75) is 51.5 Å². The first kappa shape index (κ1) is 14.0. The Labute approximate surface area is 114 Å². The Kier molecular flexibility index (Phi) is 4.56. The molecule has 0 unspecified atom stereocenters. The maximum atomic E-state index is 13.9. The van der Waals surface area contributed by atoms with Gasteiger partial charge in [0.25, 0.3) is 5.91 Å². The van der Waals surface area contributed by atoms with Gasteiger partial charge in [0.1, 0.15) is 5.82 Å². The number of benzene rings is 1. The smallest absolute Gasteiger partial charge is 0.256 e. The summed E-state index contributed by atoms with van der Waals surface area (Å²) in [6.45, 7) is 1.83. The predicted octanol–water partition coefficient (Wildman–Crippen LogP) is 3.93. The molecule has 0 spiro atoms. The summed E-state index contributed by atoms with van der Waals surface area (Å²) < 4.78 is 13.9. The minimum atomic E-state index is -0.412. The Morgan fingerprint density at radius 3 is 2.42 bits per heavy atom. The highest BCUT2D eigenvalue weighted by molar-refractivity contribution is 5.94. The Morgan fingerprint density at radius 1 is 1.21 bits per heavy atom. The van der Waals surface area contributed by atoms with Crippen LogP contribution in [0.4, 0.5) is 4.39 Å². The van der Waals surface area contributed by atoms with E-state index >= 15 is 0 Å². The van der Waals surface area contributed by atoms with Gasteiger partial charge in [0.05, 0.1) is 5.56 Å². The van der Waals surface area contributed by atoms with Crippen LogP contribution in [0.2, 0.25) is 0 Å². The van der Waals surface area contributed by atoms with Gasteiger partial charge in [-0.2, -0.15) is 0 Å². The molecule has 1 amide bonds. The van der Waals surface area contributed by atoms with Crippen LogP contribution in [-0.2, 0) is 0 Å². The third kappa shape index (κ3) is 3.34. The molecule has 0 heterocycles. The van der Waals surface area contributed by atoms with Crippen molar-refractivity contribution in [1.29, 1.82) is 0 Å². The van der Waals surface area contributed by atoms with Crippen LogP contribution in [0.3, 0.4) is 0 Å². The molecule has 3 heteroatoms. The summed E-state index contributed by atoms with van der Waals surface area (Å²) in [5, 5.41) is 0. The molecule has 1 aliphatic carbocycles. The van der Waals surface area contributed by atoms with Gasteiger partial charge in [-0.1, -0.05) is 31.7 Å². The minimum Gasteiger partial charge on any atom is -0.339 e. The zero-order chi connectivity index (χ0) is 13.8. The number of amides is 1. The number of aryl methyl sites for hydroxylation is 1. The molecule has 2 nitrogen and oxygen atoms in total. The van der Waals surface area contributed by atoms with E-state index in [1.165, 1.54) is 31.7 Å². The second-order valence-corrected chi connectivity index (χ2v) is 5.54. The lowest BCUT2D eigenvalue weighted by Crippen LogP contribution is -2.37. The van der Waals surface area contributed by atoms with Crippen LogP contribution in [0.15, 0.2) is 18.2 Å². The average Bonchev–Trinajstić information content (AvgIpc) is 2.66. The van der Waals surface area contributed by atoms with Crippen molar-refractivity contribution in [1.82, 2.24) is 4.90 Å². The van der Waals surface area contributed by atoms with Crippen LogP contribution in [0.1, 0.15) is 54.4 Å². The highest BCUT2D eigenvalue weighted by Gasteiger charge is 2.23. The van der Waals surface area contributed by atoms with Crippen molar-refractivity contribution in [2.24, 2.45) is 0 Å². The molecule has 1 fully saturated rings. The van der Waals surface area contributed by atoms with Gasteiger partial charge in [-0.15, -0.1) is 0 Å². The van der Waals surface area contributed by atoms with E-state index in [0.717, 1.165) is 18.4 Å². The summed E-state index contributed by atoms with van der Waals surface area (Å²) in [7, 11) is 1.80. The molecular formula is C16H22FNO. The summed E-state index contributed by atoms with van der Waals surface area (Å²) in [5.74, 6) is -0.602. The number of nitrogens with zero attached hydrogens (tertiary/aromatic N) is 1. The number of rotatable bonds is 2. The van der Waals surface area contributed by atoms with Crippen molar-refractivity contribution in [2.75, 3.05) is 7.05 Å². The van der Waals surface area contributed by atoms with Gasteiger partial charge in [0.15, 0.2) is 0 Å². The van der Waals surface area contributed by atoms with Crippen molar-refractivity contribution >= 4 is 5.91 Å². The van der Waals surface area contributed by atoms with E-state index in [9.17, 15) is 9.18 Å². The Bertz CT molecular complexity index is 450. The highest BCUT2D eigenvalue weighted by Crippen LogP contribution is 2.23. The maximum Gasteiger partial charge on any atom is 0.256 e. The highest BCUT2D eigenvalue weighted by atomic mass is 19.1. The SMILES string of the molecule is Cc1ccc(C(=O)N(C)C2CCCCCC2)c(F)c1. The zero-order valence-electron chi connectivity index (χ0n) is 11.8. The van der Waals surface area contributed by atoms with Crippen LogP contribution in [-0.4, -0.2) is 23.9 Å². The molecule has 0 bridgehead atoms. The van der Waals surface area contributed by atoms with E-state index in [4.69, 9.17) is 0 Å². The summed E-state index contributed by atoms with van der Waals surface area (Å²) in [6, 6.07) is 5.07. The van der Waals surface area contributed by atoms with Crippen LogP contribution in [0.5, 0.6) is 0 Å². The molecule has 1 aliphatic rings. The monoisotopic (exact) mass is 263 g/mol. The molecule has 0 aliphatic heterocycles. The van der Waals surface area contributed by atoms with E-state index in [1.807, 2.05) is 6.92 Å². The summed E-state index contributed by atoms with van der Waals surface area (Å²) in [6.07, 6.45) is 6.90. The van der Waals surface area contributed by atoms with Gasteiger partial charge in [0.2, 0.25) is 0 Å². The Balaban J connectivity index is 2.13. The molecule has 1 aromatic rings. The number of hydrogen-bond donors (Lipinski definition) is 0. The van der Waals surface area contributed by atoms with E-state index < -0.39 is 5.82 Å². The summed E-state index contributed by atoms with van der Waals surface area (Å²) in [4.78, 5) is 14.1. The molecule has 1 aromatic carbocycles. The molecule has 1 saturated carbocycles. The zero-order valence-corrected chi connectivity index (χ0v) is 11.8. The second-order valence-electron chi connectivity index (χ2n) is 5.54. The van der Waals surface area contributed by atoms with Crippen molar-refractivity contribution in [3.63, 3.8) is 0 Å². The van der Waals surface area contributed by atoms with Gasteiger partial charge >= 0.3 is 0 Å². The lowest BCUT2D eigenvalue weighted by atomic mass is 10.1. The fourth-order valence-corrected chi connectivity index (χ4v) is 2.79. The first-order valence-electron chi connectivity index (χ1n) is 7.13. The van der Waals surface area contributed by atoms with Crippen LogP contribution in [0.25, 0.3) is 0 Å². The molecule has 2 rings (SSSR count). The topological polar surface area (TPSA) is 20.3 Å². The minimum absolute atomic E-state index is 0.190. The quantitative estimate of drug-likeness (QED) is 0.740. The molecule has 0 aromatic heterocycles. The lowest BCUT2D eigenvalue weighted by Gasteiger charge is -2.27. The number of hydrogen-bond acceptors (Lipinski definition) is 1. The fourth-order valence-electron chi connectivity index (χ4n) is 2.79. The van der Waals surface area contributed by atoms with E-state index in [-0.39, 0.29) is 17.5 Å². The van der Waals surface area contributed by atoms with Gasteiger partial charge in [0, 0.05) is 13.1 Å². The number of carbonyl (C=O) groups is 1. The molecule has 0 saturated heterocycles. The summed E-state index contributed by atoms with van der Waals surface area (Å²) in [5.41, 5.74) is 1.03. The molecular weight excluding hydrogens is 241 g/mol. The Morgan fingerprint density at radius 2 is 1.84 bits per heavy atom. The fraction of sp³-hybridized carbons (Fsp3) is 0.562. The van der Waals surface area contributed by atoms with Gasteiger partial charge < -0.3 is 4.90 Å². The number of halogens is 1. The number of carbonyl (C=O) groups excluding carboxylic acids is 1. The van der Waals surface area contributed by atoms with Crippen LogP contribution >= 0.6 is 0 Å². The molecule has 0 radical (unpaired) electrons. The third-order valence-corrected chi connectivity index (χ3v) is 4.05. The van der Waals surface area contributed by atoms with Gasteiger partial charge in [-0.05, 0) is 37.5 Å². The van der Waals surface area contributed by atoms with Crippen molar-refractivity contribution in [3.05, 3.63) is 35.1 Å². The molecule has 0 N–H and O–H groups in total. The lowest BCUT2D eigenvalue weighted by molar-refractivity contribution is 0.0713. The second kappa shape index (κ2) is 6.18. The third-order valence-electron chi connectivity index (χ3n) is 4.05. The molecule has 104 valence electrons. The molecule has 0 atom stereocenters. The van der Waals surface area contributed by atoms with Gasteiger partial charge in [-0.25, -0.2) is 4.39 Å². The first-order chi connectivity index (χ1) is 9.09. The van der Waals surface area contributed by atoms with E-state index in [0.29, 0.717) is 0 Å². The normalized spacial score (nSPS) is 17.0. The largest absolute Gasteiger partial charge is 0.339 e. The maximum absolute atomic E-state index is 13.9. The van der Waals surface area contributed by atoms with E-state index in [2.05, 4.69) is 0 Å². The van der Waals surface area contributed by atoms with Crippen molar-refractivity contribution in [3.8, 4) is 0 Å². The average molecular weight is 263 g/mol. The standard InChI is InChI=1S/C16H22FNO/c1-12-9-10-14(15(17)11-12)16(19)18(2)13-7-5-3-4-6-8-13/h9-11,13H,3-8H2,1-2H3.